The number of anilines is 1. The van der Waals surface area contributed by atoms with E-state index >= 15 is 0 Å². The van der Waals surface area contributed by atoms with E-state index in [1.807, 2.05) is 13.8 Å². The third kappa shape index (κ3) is 5.18. The van der Waals surface area contributed by atoms with E-state index < -0.39 is 0 Å². The van der Waals surface area contributed by atoms with E-state index in [9.17, 15) is 9.59 Å². The maximum atomic E-state index is 11.9. The molecule has 21 heavy (non-hydrogen) atoms. The predicted molar refractivity (Wildman–Crippen MR) is 79.7 cm³/mol. The topological polar surface area (TPSA) is 88.1 Å². The van der Waals surface area contributed by atoms with Gasteiger partial charge >= 0.3 is 0 Å². The summed E-state index contributed by atoms with van der Waals surface area (Å²) < 4.78 is 1.53. The fourth-order valence-electron chi connectivity index (χ4n) is 1.88. The van der Waals surface area contributed by atoms with Gasteiger partial charge in [0.05, 0.1) is 11.9 Å². The number of nitrogens with zero attached hydrogens (tertiary/aromatic N) is 2. The Hall–Kier alpha value is -1.89. The third-order valence-corrected chi connectivity index (χ3v) is 3.30. The smallest absolute Gasteiger partial charge is 0.241 e. The van der Waals surface area contributed by atoms with Crippen LogP contribution in [0.5, 0.6) is 0 Å². The van der Waals surface area contributed by atoms with Crippen LogP contribution in [-0.2, 0) is 16.1 Å². The van der Waals surface area contributed by atoms with Crippen molar-refractivity contribution < 1.29 is 9.59 Å². The highest BCUT2D eigenvalue weighted by Gasteiger charge is 2.23. The Morgan fingerprint density at radius 3 is 2.90 bits per heavy atom. The van der Waals surface area contributed by atoms with E-state index in [1.54, 1.807) is 12.4 Å². The number of amides is 2. The Morgan fingerprint density at radius 1 is 1.48 bits per heavy atom. The van der Waals surface area contributed by atoms with Crippen LogP contribution in [0.1, 0.15) is 26.7 Å². The normalized spacial score (nSPS) is 15.5. The van der Waals surface area contributed by atoms with Gasteiger partial charge in [-0.15, -0.1) is 0 Å². The number of carbonyl (C=O) groups is 2. The van der Waals surface area contributed by atoms with Gasteiger partial charge in [-0.2, -0.15) is 5.10 Å². The first kappa shape index (κ1) is 15.5. The monoisotopic (exact) mass is 293 g/mol. The van der Waals surface area contributed by atoms with E-state index in [4.69, 9.17) is 0 Å². The first-order chi connectivity index (χ1) is 10.1. The van der Waals surface area contributed by atoms with Gasteiger partial charge in [0.25, 0.3) is 0 Å². The second-order valence-corrected chi connectivity index (χ2v) is 5.47. The lowest BCUT2D eigenvalue weighted by Crippen LogP contribution is -2.30. The van der Waals surface area contributed by atoms with Crippen molar-refractivity contribution in [2.24, 2.45) is 5.92 Å². The van der Waals surface area contributed by atoms with Crippen LogP contribution < -0.4 is 16.0 Å². The molecule has 1 atom stereocenters. The molecule has 2 amide bonds. The fourth-order valence-corrected chi connectivity index (χ4v) is 1.88. The molecular formula is C14H23N5O2. The zero-order chi connectivity index (χ0) is 15.2. The van der Waals surface area contributed by atoms with Crippen molar-refractivity contribution in [2.75, 3.05) is 18.4 Å². The minimum absolute atomic E-state index is 0.0426. The van der Waals surface area contributed by atoms with Gasteiger partial charge in [-0.3, -0.25) is 14.3 Å². The SMILES string of the molecule is CCNCC(C)C(=O)Nc1cnn(CC(=O)NC2CC2)c1. The number of hydrogen-bond acceptors (Lipinski definition) is 4. The molecule has 0 saturated heterocycles. The summed E-state index contributed by atoms with van der Waals surface area (Å²) in [6.07, 6.45) is 5.36. The van der Waals surface area contributed by atoms with Gasteiger partial charge in [-0.25, -0.2) is 0 Å². The molecule has 1 saturated carbocycles. The zero-order valence-corrected chi connectivity index (χ0v) is 12.6. The van der Waals surface area contributed by atoms with Crippen molar-refractivity contribution >= 4 is 17.5 Å². The van der Waals surface area contributed by atoms with E-state index in [1.165, 1.54) is 4.68 Å². The quantitative estimate of drug-likeness (QED) is 0.645. The van der Waals surface area contributed by atoms with Crippen LogP contribution in [0.25, 0.3) is 0 Å². The molecule has 1 aliphatic carbocycles. The van der Waals surface area contributed by atoms with Crippen LogP contribution in [0.3, 0.4) is 0 Å². The minimum Gasteiger partial charge on any atom is -0.352 e. The van der Waals surface area contributed by atoms with E-state index in [-0.39, 0.29) is 24.3 Å². The molecular weight excluding hydrogens is 270 g/mol. The lowest BCUT2D eigenvalue weighted by atomic mass is 10.1. The maximum Gasteiger partial charge on any atom is 0.241 e. The molecule has 1 aromatic rings. The van der Waals surface area contributed by atoms with Crippen LogP contribution in [0.15, 0.2) is 12.4 Å². The number of rotatable bonds is 8. The molecule has 1 unspecified atom stereocenters. The molecule has 7 heteroatoms. The highest BCUT2D eigenvalue weighted by molar-refractivity contribution is 5.92. The Balaban J connectivity index is 1.78. The molecule has 2 rings (SSSR count). The number of hydrogen-bond donors (Lipinski definition) is 3. The number of carbonyl (C=O) groups excluding carboxylic acids is 2. The van der Waals surface area contributed by atoms with Gasteiger partial charge in [-0.1, -0.05) is 13.8 Å². The van der Waals surface area contributed by atoms with Crippen molar-refractivity contribution in [1.82, 2.24) is 20.4 Å². The molecule has 1 heterocycles. The number of aromatic nitrogens is 2. The largest absolute Gasteiger partial charge is 0.352 e. The molecule has 1 fully saturated rings. The molecule has 0 bridgehead atoms. The molecule has 0 spiro atoms. The Labute approximate surface area is 124 Å². The van der Waals surface area contributed by atoms with Gasteiger partial charge in [0.15, 0.2) is 0 Å². The summed E-state index contributed by atoms with van der Waals surface area (Å²) in [5.74, 6) is -0.219. The first-order valence-electron chi connectivity index (χ1n) is 7.42. The van der Waals surface area contributed by atoms with E-state index in [2.05, 4.69) is 21.0 Å². The summed E-state index contributed by atoms with van der Waals surface area (Å²) in [5, 5.41) is 12.9. The van der Waals surface area contributed by atoms with Crippen molar-refractivity contribution in [2.45, 2.75) is 39.3 Å². The molecule has 1 aliphatic rings. The van der Waals surface area contributed by atoms with E-state index in [0.29, 0.717) is 18.3 Å². The molecule has 0 aromatic carbocycles. The molecule has 0 radical (unpaired) electrons. The summed E-state index contributed by atoms with van der Waals surface area (Å²) in [6, 6.07) is 0.346. The second-order valence-electron chi connectivity index (χ2n) is 5.47. The average Bonchev–Trinajstić information content (AvgIpc) is 3.15. The van der Waals surface area contributed by atoms with Gasteiger partial charge in [0, 0.05) is 24.7 Å². The second kappa shape index (κ2) is 7.21. The highest BCUT2D eigenvalue weighted by atomic mass is 16.2. The standard InChI is InChI=1S/C14H23N5O2/c1-3-15-6-10(2)14(21)18-12-7-16-19(8-12)9-13(20)17-11-4-5-11/h7-8,10-11,15H,3-6,9H2,1-2H3,(H,17,20)(H,18,21). The van der Waals surface area contributed by atoms with Gasteiger partial charge in [0.1, 0.15) is 6.54 Å². The zero-order valence-electron chi connectivity index (χ0n) is 12.6. The summed E-state index contributed by atoms with van der Waals surface area (Å²) in [5.41, 5.74) is 0.613. The predicted octanol–water partition coefficient (Wildman–Crippen LogP) is 0.346. The van der Waals surface area contributed by atoms with Crippen LogP contribution in [0, 0.1) is 5.92 Å². The summed E-state index contributed by atoms with van der Waals surface area (Å²) >= 11 is 0. The van der Waals surface area contributed by atoms with Crippen molar-refractivity contribution in [3.63, 3.8) is 0 Å². The lowest BCUT2D eigenvalue weighted by molar-refractivity contribution is -0.122. The Bertz CT molecular complexity index is 495. The van der Waals surface area contributed by atoms with E-state index in [0.717, 1.165) is 19.4 Å². The van der Waals surface area contributed by atoms with Gasteiger partial charge in [-0.05, 0) is 19.4 Å². The van der Waals surface area contributed by atoms with Crippen molar-refractivity contribution in [3.8, 4) is 0 Å². The van der Waals surface area contributed by atoms with Gasteiger partial charge in [0.2, 0.25) is 11.8 Å². The minimum atomic E-state index is -0.119. The average molecular weight is 293 g/mol. The maximum absolute atomic E-state index is 11.9. The van der Waals surface area contributed by atoms with Crippen molar-refractivity contribution in [1.29, 1.82) is 0 Å². The molecule has 116 valence electrons. The van der Waals surface area contributed by atoms with Crippen molar-refractivity contribution in [3.05, 3.63) is 12.4 Å². The molecule has 1 aromatic heterocycles. The Morgan fingerprint density at radius 2 is 2.24 bits per heavy atom. The van der Waals surface area contributed by atoms with Crippen LogP contribution in [0.4, 0.5) is 5.69 Å². The molecule has 7 nitrogen and oxygen atoms in total. The number of nitrogens with one attached hydrogen (secondary N) is 3. The fraction of sp³-hybridized carbons (Fsp3) is 0.643. The lowest BCUT2D eigenvalue weighted by Gasteiger charge is -2.11. The highest BCUT2D eigenvalue weighted by Crippen LogP contribution is 2.18. The molecule has 3 N–H and O–H groups in total. The van der Waals surface area contributed by atoms with Gasteiger partial charge < -0.3 is 16.0 Å². The van der Waals surface area contributed by atoms with Crippen LogP contribution in [0.2, 0.25) is 0 Å². The van der Waals surface area contributed by atoms with Crippen LogP contribution >= 0.6 is 0 Å². The summed E-state index contributed by atoms with van der Waals surface area (Å²) in [7, 11) is 0. The summed E-state index contributed by atoms with van der Waals surface area (Å²) in [6.45, 7) is 5.53. The first-order valence-corrected chi connectivity index (χ1v) is 7.42. The van der Waals surface area contributed by atoms with Crippen LogP contribution in [-0.4, -0.2) is 40.7 Å². The summed E-state index contributed by atoms with van der Waals surface area (Å²) in [4.78, 5) is 23.6. The molecule has 0 aliphatic heterocycles. The Kier molecular flexibility index (Phi) is 5.32. The third-order valence-electron chi connectivity index (χ3n) is 3.30.